The van der Waals surface area contributed by atoms with Crippen LogP contribution in [0.1, 0.15) is 24.8 Å². The van der Waals surface area contributed by atoms with Gasteiger partial charge in [0.1, 0.15) is 5.75 Å². The van der Waals surface area contributed by atoms with Crippen molar-refractivity contribution in [1.29, 1.82) is 0 Å². The fraction of sp³-hybridized carbons (Fsp3) is 0.500. The van der Waals surface area contributed by atoms with Crippen molar-refractivity contribution in [3.8, 4) is 5.75 Å². The molecule has 0 amide bonds. The van der Waals surface area contributed by atoms with Gasteiger partial charge in [-0.1, -0.05) is 18.2 Å². The summed E-state index contributed by atoms with van der Waals surface area (Å²) in [6.07, 6.45) is 4.33. The van der Waals surface area contributed by atoms with Gasteiger partial charge in [0.2, 0.25) is 0 Å². The zero-order valence-corrected chi connectivity index (χ0v) is 15.2. The maximum atomic E-state index is 11.5. The second-order valence-electron chi connectivity index (χ2n) is 8.22. The summed E-state index contributed by atoms with van der Waals surface area (Å²) in [6.45, 7) is 2.47. The molecule has 2 aromatic carbocycles. The van der Waals surface area contributed by atoms with E-state index in [1.165, 1.54) is 42.7 Å². The number of fused-ring (bicyclic) bond motifs is 2. The molecule has 2 unspecified atom stereocenters. The molecule has 0 N–H and O–H groups in total. The Morgan fingerprint density at radius 3 is 2.54 bits per heavy atom. The third-order valence-corrected chi connectivity index (χ3v) is 6.28. The van der Waals surface area contributed by atoms with Gasteiger partial charge in [0.05, 0.1) is 19.1 Å². The minimum atomic E-state index is -0.0909. The van der Waals surface area contributed by atoms with Gasteiger partial charge in [-0.05, 0) is 65.6 Å². The number of hydrogen-bond donors (Lipinski definition) is 0. The van der Waals surface area contributed by atoms with Gasteiger partial charge in [0.25, 0.3) is 0 Å². The normalized spacial score (nSPS) is 27.8. The predicted molar refractivity (Wildman–Crippen MR) is 100.0 cm³/mol. The summed E-state index contributed by atoms with van der Waals surface area (Å²) in [6, 6.07) is 13.0. The van der Waals surface area contributed by atoms with Gasteiger partial charge in [0.15, 0.2) is 0 Å². The first kappa shape index (κ1) is 16.1. The van der Waals surface area contributed by atoms with Crippen LogP contribution in [0.3, 0.4) is 0 Å². The van der Waals surface area contributed by atoms with Crippen molar-refractivity contribution in [3.05, 3.63) is 42.0 Å². The summed E-state index contributed by atoms with van der Waals surface area (Å²) in [5, 5.41) is 2.47. The molecule has 4 nitrogen and oxygen atoms in total. The van der Waals surface area contributed by atoms with Crippen LogP contribution >= 0.6 is 0 Å². The third kappa shape index (κ3) is 3.07. The molecule has 0 spiro atoms. The summed E-state index contributed by atoms with van der Waals surface area (Å²) in [5.41, 5.74) is 1.28. The van der Waals surface area contributed by atoms with Gasteiger partial charge in [-0.25, -0.2) is 0 Å². The highest BCUT2D eigenvalue weighted by molar-refractivity contribution is 5.84. The molecule has 0 bridgehead atoms. The first-order chi connectivity index (χ1) is 12.7. The second-order valence-corrected chi connectivity index (χ2v) is 8.22. The van der Waals surface area contributed by atoms with Crippen LogP contribution in [0.25, 0.3) is 10.8 Å². The molecule has 3 aliphatic rings. The Kier molecular flexibility index (Phi) is 3.89. The number of likely N-dealkylation sites (tertiary alicyclic amines) is 1. The van der Waals surface area contributed by atoms with E-state index in [1.807, 2.05) is 0 Å². The Hall–Kier alpha value is -2.07. The number of ether oxygens (including phenoxy) is 2. The molecule has 4 heteroatoms. The molecule has 1 heterocycles. The molecule has 0 aromatic heterocycles. The van der Waals surface area contributed by atoms with Crippen molar-refractivity contribution in [2.45, 2.75) is 31.9 Å². The highest BCUT2D eigenvalue weighted by Gasteiger charge is 2.46. The highest BCUT2D eigenvalue weighted by Crippen LogP contribution is 2.52. The Labute approximate surface area is 154 Å². The molecule has 1 aliphatic heterocycles. The van der Waals surface area contributed by atoms with Crippen LogP contribution in [0.5, 0.6) is 5.75 Å². The van der Waals surface area contributed by atoms with E-state index >= 15 is 0 Å². The Morgan fingerprint density at radius 1 is 1.04 bits per heavy atom. The number of esters is 1. The molecular weight excluding hydrogens is 326 g/mol. The van der Waals surface area contributed by atoms with Crippen LogP contribution in [0.4, 0.5) is 0 Å². The zero-order chi connectivity index (χ0) is 17.7. The van der Waals surface area contributed by atoms with E-state index in [4.69, 9.17) is 9.47 Å². The summed E-state index contributed by atoms with van der Waals surface area (Å²) in [5.74, 6) is 2.85. The molecule has 5 rings (SSSR count). The van der Waals surface area contributed by atoms with Gasteiger partial charge >= 0.3 is 5.97 Å². The van der Waals surface area contributed by atoms with Gasteiger partial charge in [0, 0.05) is 19.6 Å². The summed E-state index contributed by atoms with van der Waals surface area (Å²) >= 11 is 0. The van der Waals surface area contributed by atoms with E-state index in [-0.39, 0.29) is 11.9 Å². The number of methoxy groups -OCH3 is 1. The lowest BCUT2D eigenvalue weighted by Crippen LogP contribution is -2.49. The van der Waals surface area contributed by atoms with Crippen molar-refractivity contribution in [1.82, 2.24) is 4.90 Å². The Morgan fingerprint density at radius 2 is 1.77 bits per heavy atom. The smallest absolute Gasteiger partial charge is 0.311 e. The van der Waals surface area contributed by atoms with Crippen LogP contribution in [0.15, 0.2) is 36.4 Å². The van der Waals surface area contributed by atoms with Crippen molar-refractivity contribution in [2.24, 2.45) is 17.8 Å². The SMILES string of the molecule is COC(=O)C1CN(Cc2ccc3cc(OC4CC5CC5C4)ccc3c2)C1. The van der Waals surface area contributed by atoms with E-state index in [2.05, 4.69) is 41.3 Å². The molecule has 2 aliphatic carbocycles. The number of carbonyl (C=O) groups is 1. The van der Waals surface area contributed by atoms with Crippen LogP contribution in [0.2, 0.25) is 0 Å². The fourth-order valence-corrected chi connectivity index (χ4v) is 4.67. The largest absolute Gasteiger partial charge is 0.490 e. The van der Waals surface area contributed by atoms with Crippen molar-refractivity contribution < 1.29 is 14.3 Å². The lowest BCUT2D eigenvalue weighted by Gasteiger charge is -2.37. The van der Waals surface area contributed by atoms with Crippen molar-refractivity contribution in [2.75, 3.05) is 20.2 Å². The highest BCUT2D eigenvalue weighted by atomic mass is 16.5. The topological polar surface area (TPSA) is 38.8 Å². The zero-order valence-electron chi connectivity index (χ0n) is 15.2. The van der Waals surface area contributed by atoms with Crippen LogP contribution in [-0.4, -0.2) is 37.2 Å². The van der Waals surface area contributed by atoms with Crippen LogP contribution < -0.4 is 4.74 Å². The summed E-state index contributed by atoms with van der Waals surface area (Å²) < 4.78 is 11.0. The van der Waals surface area contributed by atoms with Gasteiger partial charge in [-0.3, -0.25) is 9.69 Å². The lowest BCUT2D eigenvalue weighted by atomic mass is 9.99. The average molecular weight is 351 g/mol. The Bertz CT molecular complexity index is 832. The number of hydrogen-bond acceptors (Lipinski definition) is 4. The number of benzene rings is 2. The number of carbonyl (C=O) groups excluding carboxylic acids is 1. The number of nitrogens with zero attached hydrogens (tertiary/aromatic N) is 1. The monoisotopic (exact) mass is 351 g/mol. The molecule has 3 fully saturated rings. The number of rotatable bonds is 5. The quantitative estimate of drug-likeness (QED) is 0.771. The maximum absolute atomic E-state index is 11.5. The molecule has 2 aromatic rings. The van der Waals surface area contributed by atoms with Crippen LogP contribution in [-0.2, 0) is 16.1 Å². The minimum absolute atomic E-state index is 0.0433. The first-order valence-electron chi connectivity index (χ1n) is 9.67. The average Bonchev–Trinajstić information content (AvgIpc) is 3.23. The first-order valence-corrected chi connectivity index (χ1v) is 9.67. The van der Waals surface area contributed by atoms with E-state index in [1.54, 1.807) is 0 Å². The fourth-order valence-electron chi connectivity index (χ4n) is 4.67. The summed E-state index contributed by atoms with van der Waals surface area (Å²) in [4.78, 5) is 13.8. The van der Waals surface area contributed by atoms with Crippen molar-refractivity contribution >= 4 is 16.7 Å². The lowest BCUT2D eigenvalue weighted by molar-refractivity contribution is -0.151. The molecular formula is C22H25NO3. The molecule has 0 radical (unpaired) electrons. The molecule has 2 saturated carbocycles. The van der Waals surface area contributed by atoms with E-state index in [0.29, 0.717) is 6.10 Å². The van der Waals surface area contributed by atoms with E-state index in [0.717, 1.165) is 37.2 Å². The minimum Gasteiger partial charge on any atom is -0.490 e. The van der Waals surface area contributed by atoms with Gasteiger partial charge in [-0.2, -0.15) is 0 Å². The maximum Gasteiger partial charge on any atom is 0.311 e. The van der Waals surface area contributed by atoms with Gasteiger partial charge < -0.3 is 9.47 Å². The molecule has 136 valence electrons. The third-order valence-electron chi connectivity index (χ3n) is 6.28. The van der Waals surface area contributed by atoms with E-state index in [9.17, 15) is 4.79 Å². The molecule has 2 atom stereocenters. The molecule has 26 heavy (non-hydrogen) atoms. The molecule has 1 saturated heterocycles. The summed E-state index contributed by atoms with van der Waals surface area (Å²) in [7, 11) is 1.46. The van der Waals surface area contributed by atoms with Gasteiger partial charge in [-0.15, -0.1) is 0 Å². The Balaban J connectivity index is 1.22. The second kappa shape index (κ2) is 6.27. The standard InChI is InChI=1S/C22H25NO3/c1-25-22(24)19-12-23(13-19)11-14-2-3-16-8-20(5-4-15(16)6-14)26-21-9-17-7-18(17)10-21/h2-6,8,17-19,21H,7,9-13H2,1H3. The predicted octanol–water partition coefficient (Wildman–Crippen LogP) is 3.62. The van der Waals surface area contributed by atoms with E-state index < -0.39 is 0 Å². The van der Waals surface area contributed by atoms with Crippen molar-refractivity contribution in [3.63, 3.8) is 0 Å². The van der Waals surface area contributed by atoms with Crippen LogP contribution in [0, 0.1) is 17.8 Å².